The molecule has 0 aliphatic heterocycles. The predicted octanol–water partition coefficient (Wildman–Crippen LogP) is 1.25. The van der Waals surface area contributed by atoms with Crippen molar-refractivity contribution in [2.45, 2.75) is 19.8 Å². The zero-order chi connectivity index (χ0) is 11.3. The molecule has 0 radical (unpaired) electrons. The van der Waals surface area contributed by atoms with Crippen molar-refractivity contribution in [2.75, 3.05) is 6.54 Å². The average molecular weight is 243 g/mol. The Morgan fingerprint density at radius 2 is 2.47 bits per heavy atom. The average Bonchev–Trinajstić information content (AvgIpc) is 2.59. The van der Waals surface area contributed by atoms with Gasteiger partial charge in [-0.2, -0.15) is 0 Å². The molecule has 0 saturated carbocycles. The van der Waals surface area contributed by atoms with Crippen LogP contribution in [-0.2, 0) is 0 Å². The number of thiazole rings is 1. The van der Waals surface area contributed by atoms with Crippen LogP contribution in [0.3, 0.4) is 0 Å². The number of thiocarbonyl (C=S) groups is 1. The molecule has 0 bridgehead atoms. The molecule has 0 fully saturated rings. The van der Waals surface area contributed by atoms with E-state index in [2.05, 4.69) is 10.3 Å². The number of aromatic nitrogens is 1. The Balaban J connectivity index is 2.28. The summed E-state index contributed by atoms with van der Waals surface area (Å²) in [7, 11) is 0. The molecule has 0 atom stereocenters. The molecule has 0 spiro atoms. The molecule has 6 heteroatoms. The van der Waals surface area contributed by atoms with Gasteiger partial charge in [-0.05, 0) is 19.8 Å². The van der Waals surface area contributed by atoms with Crippen molar-refractivity contribution in [3.05, 3.63) is 16.1 Å². The molecule has 1 heterocycles. The van der Waals surface area contributed by atoms with E-state index in [-0.39, 0.29) is 5.91 Å². The van der Waals surface area contributed by atoms with Crippen LogP contribution in [0, 0.1) is 6.92 Å². The quantitative estimate of drug-likeness (QED) is 0.603. The largest absolute Gasteiger partial charge is 0.393 e. The molecule has 0 aliphatic carbocycles. The Kier molecular flexibility index (Phi) is 4.64. The molecule has 1 rings (SSSR count). The van der Waals surface area contributed by atoms with Crippen LogP contribution in [0.1, 0.15) is 28.3 Å². The highest BCUT2D eigenvalue weighted by atomic mass is 32.1. The fourth-order valence-corrected chi connectivity index (χ4v) is 1.76. The maximum Gasteiger partial charge on any atom is 0.270 e. The molecule has 15 heavy (non-hydrogen) atoms. The van der Waals surface area contributed by atoms with Crippen molar-refractivity contribution in [1.29, 1.82) is 0 Å². The van der Waals surface area contributed by atoms with Gasteiger partial charge in [-0.1, -0.05) is 12.2 Å². The summed E-state index contributed by atoms with van der Waals surface area (Å²) < 4.78 is 0. The summed E-state index contributed by atoms with van der Waals surface area (Å²) in [4.78, 5) is 16.0. The third kappa shape index (κ3) is 4.35. The van der Waals surface area contributed by atoms with Crippen LogP contribution in [0.15, 0.2) is 5.38 Å². The van der Waals surface area contributed by atoms with Crippen LogP contribution >= 0.6 is 23.6 Å². The van der Waals surface area contributed by atoms with Crippen LogP contribution in [0.2, 0.25) is 0 Å². The molecule has 3 N–H and O–H groups in total. The maximum atomic E-state index is 11.5. The summed E-state index contributed by atoms with van der Waals surface area (Å²) in [6.07, 6.45) is 1.43. The Labute approximate surface area is 97.9 Å². The second-order valence-corrected chi connectivity index (χ2v) is 4.66. The molecule has 0 aromatic carbocycles. The first kappa shape index (κ1) is 12.1. The smallest absolute Gasteiger partial charge is 0.270 e. The van der Waals surface area contributed by atoms with Gasteiger partial charge in [0.25, 0.3) is 5.91 Å². The second kappa shape index (κ2) is 5.77. The molecule has 4 nitrogen and oxygen atoms in total. The SMILES string of the molecule is Cc1nc(C(=O)NCCCC(N)=S)cs1. The fraction of sp³-hybridized carbons (Fsp3) is 0.444. The first-order valence-corrected chi connectivity index (χ1v) is 5.87. The zero-order valence-corrected chi connectivity index (χ0v) is 10.1. The zero-order valence-electron chi connectivity index (χ0n) is 8.45. The standard InChI is InChI=1S/C9H13N3OS2/c1-6-12-7(5-15-6)9(13)11-4-2-3-8(10)14/h5H,2-4H2,1H3,(H2,10,14)(H,11,13). The lowest BCUT2D eigenvalue weighted by Crippen LogP contribution is -2.25. The van der Waals surface area contributed by atoms with Crippen molar-refractivity contribution in [1.82, 2.24) is 10.3 Å². The highest BCUT2D eigenvalue weighted by molar-refractivity contribution is 7.80. The van der Waals surface area contributed by atoms with Gasteiger partial charge < -0.3 is 11.1 Å². The highest BCUT2D eigenvalue weighted by Crippen LogP contribution is 2.07. The minimum atomic E-state index is -0.137. The number of rotatable bonds is 5. The lowest BCUT2D eigenvalue weighted by molar-refractivity contribution is 0.0949. The minimum absolute atomic E-state index is 0.137. The van der Waals surface area contributed by atoms with Gasteiger partial charge in [0.2, 0.25) is 0 Å². The number of carbonyl (C=O) groups excluding carboxylic acids is 1. The third-order valence-electron chi connectivity index (χ3n) is 1.74. The molecule has 1 aromatic rings. The van der Waals surface area contributed by atoms with Crippen molar-refractivity contribution in [2.24, 2.45) is 5.73 Å². The molecular formula is C9H13N3OS2. The van der Waals surface area contributed by atoms with Gasteiger partial charge in [0.1, 0.15) is 5.69 Å². The number of carbonyl (C=O) groups is 1. The third-order valence-corrected chi connectivity index (χ3v) is 2.71. The Morgan fingerprint density at radius 3 is 3.00 bits per heavy atom. The number of aryl methyl sites for hydroxylation is 1. The van der Waals surface area contributed by atoms with E-state index in [9.17, 15) is 4.79 Å². The van der Waals surface area contributed by atoms with Gasteiger partial charge >= 0.3 is 0 Å². The van der Waals surface area contributed by atoms with Gasteiger partial charge in [-0.25, -0.2) is 4.98 Å². The number of nitrogens with zero attached hydrogens (tertiary/aromatic N) is 1. The van der Waals surface area contributed by atoms with Gasteiger partial charge in [0.15, 0.2) is 0 Å². The molecular weight excluding hydrogens is 230 g/mol. The minimum Gasteiger partial charge on any atom is -0.393 e. The van der Waals surface area contributed by atoms with E-state index in [1.165, 1.54) is 11.3 Å². The number of nitrogens with two attached hydrogens (primary N) is 1. The predicted molar refractivity (Wildman–Crippen MR) is 65.2 cm³/mol. The first-order chi connectivity index (χ1) is 7.09. The van der Waals surface area contributed by atoms with Crippen LogP contribution < -0.4 is 11.1 Å². The van der Waals surface area contributed by atoms with E-state index >= 15 is 0 Å². The summed E-state index contributed by atoms with van der Waals surface area (Å²) in [5.41, 5.74) is 5.81. The Hall–Kier alpha value is -1.01. The van der Waals surface area contributed by atoms with E-state index in [0.29, 0.717) is 23.6 Å². The van der Waals surface area contributed by atoms with Gasteiger partial charge in [-0.15, -0.1) is 11.3 Å². The molecule has 1 aromatic heterocycles. The Bertz CT molecular complexity index is 362. The van der Waals surface area contributed by atoms with E-state index in [0.717, 1.165) is 11.4 Å². The van der Waals surface area contributed by atoms with Gasteiger partial charge in [0, 0.05) is 11.9 Å². The molecule has 1 amide bonds. The van der Waals surface area contributed by atoms with Crippen molar-refractivity contribution < 1.29 is 4.79 Å². The first-order valence-electron chi connectivity index (χ1n) is 4.58. The summed E-state index contributed by atoms with van der Waals surface area (Å²) in [6.45, 7) is 2.45. The number of hydrogen-bond donors (Lipinski definition) is 2. The van der Waals surface area contributed by atoms with E-state index in [1.807, 2.05) is 6.92 Å². The molecule has 0 unspecified atom stereocenters. The summed E-state index contributed by atoms with van der Waals surface area (Å²) in [6, 6.07) is 0. The fourth-order valence-electron chi connectivity index (χ4n) is 1.02. The maximum absolute atomic E-state index is 11.5. The van der Waals surface area contributed by atoms with Crippen molar-refractivity contribution >= 4 is 34.5 Å². The summed E-state index contributed by atoms with van der Waals surface area (Å²) in [5.74, 6) is -0.137. The Morgan fingerprint density at radius 1 is 1.73 bits per heavy atom. The summed E-state index contributed by atoms with van der Waals surface area (Å²) >= 11 is 6.19. The van der Waals surface area contributed by atoms with Crippen LogP contribution in [-0.4, -0.2) is 22.4 Å². The number of hydrogen-bond acceptors (Lipinski definition) is 4. The van der Waals surface area contributed by atoms with Gasteiger partial charge in [-0.3, -0.25) is 4.79 Å². The van der Waals surface area contributed by atoms with Crippen molar-refractivity contribution in [3.63, 3.8) is 0 Å². The van der Waals surface area contributed by atoms with Crippen LogP contribution in [0.5, 0.6) is 0 Å². The lowest BCUT2D eigenvalue weighted by Gasteiger charge is -2.01. The number of nitrogens with one attached hydrogen (secondary N) is 1. The monoisotopic (exact) mass is 243 g/mol. The lowest BCUT2D eigenvalue weighted by atomic mass is 10.3. The molecule has 0 saturated heterocycles. The molecule has 82 valence electrons. The van der Waals surface area contributed by atoms with Gasteiger partial charge in [0.05, 0.1) is 10.00 Å². The second-order valence-electron chi connectivity index (χ2n) is 3.08. The topological polar surface area (TPSA) is 68.0 Å². The number of amides is 1. The van der Waals surface area contributed by atoms with Crippen molar-refractivity contribution in [3.8, 4) is 0 Å². The van der Waals surface area contributed by atoms with E-state index in [1.54, 1.807) is 5.38 Å². The summed E-state index contributed by atoms with van der Waals surface area (Å²) in [5, 5.41) is 5.40. The van der Waals surface area contributed by atoms with Crippen LogP contribution in [0.4, 0.5) is 0 Å². The van der Waals surface area contributed by atoms with E-state index in [4.69, 9.17) is 18.0 Å². The molecule has 0 aliphatic rings. The highest BCUT2D eigenvalue weighted by Gasteiger charge is 2.07. The van der Waals surface area contributed by atoms with Crippen LogP contribution in [0.25, 0.3) is 0 Å². The van der Waals surface area contributed by atoms with E-state index < -0.39 is 0 Å². The normalized spacial score (nSPS) is 9.93.